The van der Waals surface area contributed by atoms with E-state index in [1.807, 2.05) is 24.3 Å². The van der Waals surface area contributed by atoms with Gasteiger partial charge in [-0.2, -0.15) is 17.9 Å². The van der Waals surface area contributed by atoms with Crippen LogP contribution in [0.5, 0.6) is 0 Å². The number of hydrogen-bond donors (Lipinski definition) is 2. The maximum Gasteiger partial charge on any atom is 0.327 e. The second-order valence-corrected chi connectivity index (χ2v) is 7.34. The summed E-state index contributed by atoms with van der Waals surface area (Å²) < 4.78 is 34.3. The van der Waals surface area contributed by atoms with Crippen molar-refractivity contribution in [3.8, 4) is 0 Å². The third-order valence-electron chi connectivity index (χ3n) is 3.73. The number of nitrogens with one attached hydrogen (secondary N) is 2. The fourth-order valence-corrected chi connectivity index (χ4v) is 4.28. The van der Waals surface area contributed by atoms with Gasteiger partial charge in [0.2, 0.25) is 0 Å². The molecule has 0 aromatic heterocycles. The zero-order valence-electron chi connectivity index (χ0n) is 13.0. The van der Waals surface area contributed by atoms with E-state index in [4.69, 9.17) is 4.74 Å². The van der Waals surface area contributed by atoms with E-state index < -0.39 is 21.7 Å². The van der Waals surface area contributed by atoms with Crippen molar-refractivity contribution in [2.24, 2.45) is 0 Å². The zero-order valence-corrected chi connectivity index (χ0v) is 13.9. The monoisotopic (exact) mass is 326 g/mol. The number of hydrogen-bond acceptors (Lipinski definition) is 4. The van der Waals surface area contributed by atoms with Crippen molar-refractivity contribution in [1.29, 1.82) is 0 Å². The molecule has 0 radical (unpaired) electrons. The van der Waals surface area contributed by atoms with Gasteiger partial charge in [0.05, 0.1) is 7.11 Å². The van der Waals surface area contributed by atoms with Crippen LogP contribution >= 0.6 is 0 Å². The Hall–Kier alpha value is -1.44. The highest BCUT2D eigenvalue weighted by atomic mass is 32.2. The van der Waals surface area contributed by atoms with Crippen LogP contribution < -0.4 is 9.44 Å². The number of fused-ring (bicyclic) bond motifs is 1. The molecule has 7 heteroatoms. The first-order valence-corrected chi connectivity index (χ1v) is 8.73. The van der Waals surface area contributed by atoms with E-state index in [0.717, 1.165) is 11.1 Å². The van der Waals surface area contributed by atoms with Gasteiger partial charge in [0.15, 0.2) is 0 Å². The zero-order chi connectivity index (χ0) is 16.4. The summed E-state index contributed by atoms with van der Waals surface area (Å²) in [5.74, 6) is -0.559. The molecule has 1 aliphatic carbocycles. The molecule has 0 saturated carbocycles. The minimum absolute atomic E-state index is 0.261. The van der Waals surface area contributed by atoms with Gasteiger partial charge in [0.25, 0.3) is 10.2 Å². The van der Waals surface area contributed by atoms with E-state index in [1.54, 1.807) is 13.8 Å². The van der Waals surface area contributed by atoms with E-state index in [1.165, 1.54) is 7.11 Å². The van der Waals surface area contributed by atoms with Gasteiger partial charge in [-0.15, -0.1) is 0 Å². The van der Waals surface area contributed by atoms with Gasteiger partial charge >= 0.3 is 5.97 Å². The van der Waals surface area contributed by atoms with Gasteiger partial charge in [-0.25, -0.2) is 0 Å². The number of carbonyl (C=O) groups excluding carboxylic acids is 1. The van der Waals surface area contributed by atoms with Gasteiger partial charge in [-0.3, -0.25) is 4.79 Å². The van der Waals surface area contributed by atoms with Crippen molar-refractivity contribution in [3.63, 3.8) is 0 Å². The minimum Gasteiger partial charge on any atom is -0.468 e. The molecule has 0 fully saturated rings. The first-order valence-electron chi connectivity index (χ1n) is 7.24. The summed E-state index contributed by atoms with van der Waals surface area (Å²) in [6, 6.07) is 7.47. The summed E-state index contributed by atoms with van der Waals surface area (Å²) in [6.07, 6.45) is 1.28. The molecule has 1 aliphatic rings. The van der Waals surface area contributed by atoms with E-state index in [0.29, 0.717) is 12.8 Å². The first-order chi connectivity index (χ1) is 10.3. The summed E-state index contributed by atoms with van der Waals surface area (Å²) in [4.78, 5) is 12.3. The molecule has 22 heavy (non-hydrogen) atoms. The van der Waals surface area contributed by atoms with Crippen molar-refractivity contribution < 1.29 is 17.9 Å². The summed E-state index contributed by atoms with van der Waals surface area (Å²) in [6.45, 7) is 3.44. The average molecular weight is 326 g/mol. The predicted octanol–water partition coefficient (Wildman–Crippen LogP) is 0.920. The van der Waals surface area contributed by atoms with Crippen LogP contribution in [0, 0.1) is 0 Å². The van der Waals surface area contributed by atoms with Gasteiger partial charge in [-0.1, -0.05) is 24.3 Å². The molecular formula is C15H22N2O4S. The molecular weight excluding hydrogens is 304 g/mol. The average Bonchev–Trinajstić information content (AvgIpc) is 2.44. The molecule has 122 valence electrons. The first kappa shape index (κ1) is 16.9. The Morgan fingerprint density at radius 1 is 1.27 bits per heavy atom. The molecule has 1 aromatic carbocycles. The van der Waals surface area contributed by atoms with Crippen molar-refractivity contribution in [2.75, 3.05) is 7.11 Å². The SMILES string of the molecule is COC(=O)C1(NS(=O)(=O)NC(C)C)CCc2ccccc2C1. The Kier molecular flexibility index (Phi) is 4.89. The van der Waals surface area contributed by atoms with Crippen LogP contribution in [0.3, 0.4) is 0 Å². The standard InChI is InChI=1S/C15H22N2O4S/c1-11(2)16-22(19,20)17-15(14(18)21-3)9-8-12-6-4-5-7-13(12)10-15/h4-7,11,16-17H,8-10H2,1-3H3. The van der Waals surface area contributed by atoms with E-state index >= 15 is 0 Å². The van der Waals surface area contributed by atoms with Gasteiger partial charge < -0.3 is 4.74 Å². The van der Waals surface area contributed by atoms with Crippen LogP contribution in [0.1, 0.15) is 31.4 Å². The lowest BCUT2D eigenvalue weighted by Crippen LogP contribution is -2.61. The third-order valence-corrected chi connectivity index (χ3v) is 5.17. The molecule has 0 aliphatic heterocycles. The lowest BCUT2D eigenvalue weighted by atomic mass is 9.78. The topological polar surface area (TPSA) is 84.5 Å². The number of methoxy groups -OCH3 is 1. The van der Waals surface area contributed by atoms with Crippen LogP contribution in [0.4, 0.5) is 0 Å². The summed E-state index contributed by atoms with van der Waals surface area (Å²) in [7, 11) is -2.52. The normalized spacial score (nSPS) is 21.5. The van der Waals surface area contributed by atoms with Gasteiger partial charge in [0, 0.05) is 12.5 Å². The van der Waals surface area contributed by atoms with Gasteiger partial charge in [0.1, 0.15) is 5.54 Å². The van der Waals surface area contributed by atoms with Crippen molar-refractivity contribution >= 4 is 16.2 Å². The highest BCUT2D eigenvalue weighted by Gasteiger charge is 2.45. The fourth-order valence-electron chi connectivity index (χ4n) is 2.83. The molecule has 1 unspecified atom stereocenters. The Morgan fingerprint density at radius 3 is 2.50 bits per heavy atom. The minimum atomic E-state index is -3.80. The van der Waals surface area contributed by atoms with Crippen LogP contribution in [-0.4, -0.2) is 33.1 Å². The maximum absolute atomic E-state index is 12.3. The third kappa shape index (κ3) is 3.66. The largest absolute Gasteiger partial charge is 0.468 e. The molecule has 0 bridgehead atoms. The van der Waals surface area contributed by atoms with Crippen LogP contribution in [0.2, 0.25) is 0 Å². The molecule has 1 atom stereocenters. The Morgan fingerprint density at radius 2 is 1.91 bits per heavy atom. The van der Waals surface area contributed by atoms with E-state index in [9.17, 15) is 13.2 Å². The number of aryl methyl sites for hydroxylation is 1. The quantitative estimate of drug-likeness (QED) is 0.788. The van der Waals surface area contributed by atoms with Gasteiger partial charge in [-0.05, 0) is 37.8 Å². The molecule has 0 heterocycles. The number of carbonyl (C=O) groups is 1. The highest BCUT2D eigenvalue weighted by molar-refractivity contribution is 7.87. The van der Waals surface area contributed by atoms with Crippen molar-refractivity contribution in [3.05, 3.63) is 35.4 Å². The second-order valence-electron chi connectivity index (χ2n) is 5.90. The van der Waals surface area contributed by atoms with Crippen LogP contribution in [0.15, 0.2) is 24.3 Å². The molecule has 2 N–H and O–H groups in total. The second kappa shape index (κ2) is 6.36. The molecule has 0 spiro atoms. The molecule has 0 amide bonds. The number of ether oxygens (including phenoxy) is 1. The fraction of sp³-hybridized carbons (Fsp3) is 0.533. The van der Waals surface area contributed by atoms with E-state index in [2.05, 4.69) is 9.44 Å². The number of benzene rings is 1. The van der Waals surface area contributed by atoms with Crippen LogP contribution in [0.25, 0.3) is 0 Å². The lowest BCUT2D eigenvalue weighted by molar-refractivity contribution is -0.148. The highest BCUT2D eigenvalue weighted by Crippen LogP contribution is 2.30. The summed E-state index contributed by atoms with van der Waals surface area (Å²) in [5.41, 5.74) is 0.841. The molecule has 1 aromatic rings. The predicted molar refractivity (Wildman–Crippen MR) is 83.5 cm³/mol. The molecule has 2 rings (SSSR count). The molecule has 6 nitrogen and oxygen atoms in total. The van der Waals surface area contributed by atoms with Crippen molar-refractivity contribution in [1.82, 2.24) is 9.44 Å². The van der Waals surface area contributed by atoms with Crippen molar-refractivity contribution in [2.45, 2.75) is 44.7 Å². The lowest BCUT2D eigenvalue weighted by Gasteiger charge is -2.36. The maximum atomic E-state index is 12.3. The Bertz CT molecular complexity index is 657. The number of rotatable bonds is 5. The Labute approximate surface area is 131 Å². The number of esters is 1. The smallest absolute Gasteiger partial charge is 0.327 e. The summed E-state index contributed by atoms with van der Waals surface area (Å²) in [5, 5.41) is 0. The summed E-state index contributed by atoms with van der Waals surface area (Å²) >= 11 is 0. The molecule has 0 saturated heterocycles. The van der Waals surface area contributed by atoms with E-state index in [-0.39, 0.29) is 12.5 Å². The Balaban J connectivity index is 2.34. The van der Waals surface area contributed by atoms with Crippen LogP contribution in [-0.2, 0) is 32.6 Å².